The minimum atomic E-state index is -0.799. The molecule has 0 fully saturated rings. The van der Waals surface area contributed by atoms with Crippen LogP contribution in [0.2, 0.25) is 0 Å². The maximum Gasteiger partial charge on any atom is 0.306 e. The molecule has 0 rings (SSSR count). The standard InChI is InChI=1S/C59H100O6/c1-4-7-10-13-16-19-22-25-28-29-32-35-38-41-44-47-50-53-59(62)65-56(54-63-57(60)51-48-45-42-39-36-33-30-26-23-20-17-14-11-8-5-2)55-64-58(61)52-49-46-43-40-37-34-31-27-24-21-18-15-12-9-6-3/h8,11,16-17,19-20,25-28,30-32,35,56H,4-7,9-10,12-15,18,21-24,29,33-34,36-55H2,1-3H3/b11-8-,19-16-,20-17-,28-25-,30-26-,31-27-,35-32-/t56-/m1/s1. The van der Waals surface area contributed by atoms with E-state index in [4.69, 9.17) is 14.2 Å². The van der Waals surface area contributed by atoms with E-state index in [1.165, 1.54) is 83.5 Å². The minimum absolute atomic E-state index is 0.0960. The highest BCUT2D eigenvalue weighted by Crippen LogP contribution is 2.13. The summed E-state index contributed by atoms with van der Waals surface area (Å²) in [6, 6.07) is 0. The number of allylic oxidation sites excluding steroid dienone is 14. The second-order valence-corrected chi connectivity index (χ2v) is 17.7. The predicted molar refractivity (Wildman–Crippen MR) is 279 cm³/mol. The fourth-order valence-corrected chi connectivity index (χ4v) is 7.28. The van der Waals surface area contributed by atoms with Gasteiger partial charge in [-0.1, -0.05) is 202 Å². The van der Waals surface area contributed by atoms with Crippen LogP contribution in [0.3, 0.4) is 0 Å². The number of ether oxygens (including phenoxy) is 3. The molecule has 0 saturated carbocycles. The molecule has 0 heterocycles. The molecular formula is C59H100O6. The third-order valence-corrected chi connectivity index (χ3v) is 11.4. The van der Waals surface area contributed by atoms with Gasteiger partial charge in [-0.05, 0) is 116 Å². The molecule has 0 amide bonds. The maximum absolute atomic E-state index is 12.8. The molecule has 0 saturated heterocycles. The Bertz CT molecular complexity index is 1270. The van der Waals surface area contributed by atoms with Crippen LogP contribution in [0.15, 0.2) is 85.1 Å². The van der Waals surface area contributed by atoms with Crippen molar-refractivity contribution >= 4 is 17.9 Å². The Hall–Kier alpha value is -3.41. The lowest BCUT2D eigenvalue weighted by atomic mass is 10.1. The first kappa shape index (κ1) is 61.6. The lowest BCUT2D eigenvalue weighted by Crippen LogP contribution is -2.30. The van der Waals surface area contributed by atoms with Gasteiger partial charge in [-0.2, -0.15) is 0 Å². The van der Waals surface area contributed by atoms with Crippen LogP contribution < -0.4 is 0 Å². The summed E-state index contributed by atoms with van der Waals surface area (Å²) in [6.07, 6.45) is 68.5. The molecule has 0 bridgehead atoms. The van der Waals surface area contributed by atoms with Crippen LogP contribution in [0.4, 0.5) is 0 Å². The van der Waals surface area contributed by atoms with Crippen molar-refractivity contribution in [3.63, 3.8) is 0 Å². The highest BCUT2D eigenvalue weighted by molar-refractivity contribution is 5.71. The summed E-state index contributed by atoms with van der Waals surface area (Å²) in [4.78, 5) is 38.1. The molecule has 0 aromatic carbocycles. The van der Waals surface area contributed by atoms with Gasteiger partial charge in [-0.25, -0.2) is 0 Å². The zero-order valence-corrected chi connectivity index (χ0v) is 42.5. The molecule has 372 valence electrons. The van der Waals surface area contributed by atoms with E-state index in [-0.39, 0.29) is 31.1 Å². The topological polar surface area (TPSA) is 78.9 Å². The van der Waals surface area contributed by atoms with Gasteiger partial charge in [0.25, 0.3) is 0 Å². The number of rotatable bonds is 48. The molecule has 0 aromatic rings. The van der Waals surface area contributed by atoms with Gasteiger partial charge in [0.2, 0.25) is 0 Å². The van der Waals surface area contributed by atoms with Crippen molar-refractivity contribution in [2.24, 2.45) is 0 Å². The molecule has 0 N–H and O–H groups in total. The zero-order valence-electron chi connectivity index (χ0n) is 42.5. The molecule has 0 unspecified atom stereocenters. The monoisotopic (exact) mass is 905 g/mol. The van der Waals surface area contributed by atoms with Crippen molar-refractivity contribution in [3.8, 4) is 0 Å². The van der Waals surface area contributed by atoms with Crippen molar-refractivity contribution in [2.45, 2.75) is 258 Å². The Morgan fingerprint density at radius 2 is 0.600 bits per heavy atom. The van der Waals surface area contributed by atoms with E-state index in [0.717, 1.165) is 128 Å². The molecule has 1 atom stereocenters. The van der Waals surface area contributed by atoms with Crippen LogP contribution in [-0.4, -0.2) is 37.2 Å². The second-order valence-electron chi connectivity index (χ2n) is 17.7. The van der Waals surface area contributed by atoms with E-state index in [1.54, 1.807) is 0 Å². The number of esters is 3. The fourth-order valence-electron chi connectivity index (χ4n) is 7.28. The van der Waals surface area contributed by atoms with Crippen molar-refractivity contribution in [3.05, 3.63) is 85.1 Å². The highest BCUT2D eigenvalue weighted by Gasteiger charge is 2.19. The second kappa shape index (κ2) is 53.2. The van der Waals surface area contributed by atoms with Gasteiger partial charge in [0.1, 0.15) is 13.2 Å². The Labute approximate surface area is 401 Å². The molecule has 6 nitrogen and oxygen atoms in total. The van der Waals surface area contributed by atoms with Gasteiger partial charge in [0, 0.05) is 19.3 Å². The average Bonchev–Trinajstić information content (AvgIpc) is 3.30. The number of hydrogen-bond acceptors (Lipinski definition) is 6. The van der Waals surface area contributed by atoms with Gasteiger partial charge in [0.05, 0.1) is 0 Å². The maximum atomic E-state index is 12.8. The number of unbranched alkanes of at least 4 members (excludes halogenated alkanes) is 23. The third-order valence-electron chi connectivity index (χ3n) is 11.4. The lowest BCUT2D eigenvalue weighted by molar-refractivity contribution is -0.167. The summed E-state index contributed by atoms with van der Waals surface area (Å²) in [5.74, 6) is -0.941. The Balaban J connectivity index is 4.47. The van der Waals surface area contributed by atoms with E-state index in [0.29, 0.717) is 19.3 Å². The van der Waals surface area contributed by atoms with Crippen molar-refractivity contribution in [1.82, 2.24) is 0 Å². The van der Waals surface area contributed by atoms with Crippen molar-refractivity contribution < 1.29 is 28.6 Å². The average molecular weight is 905 g/mol. The van der Waals surface area contributed by atoms with E-state index < -0.39 is 6.10 Å². The zero-order chi connectivity index (χ0) is 47.2. The smallest absolute Gasteiger partial charge is 0.306 e. The van der Waals surface area contributed by atoms with Gasteiger partial charge in [-0.3, -0.25) is 14.4 Å². The molecule has 0 radical (unpaired) electrons. The van der Waals surface area contributed by atoms with Crippen LogP contribution in [0.5, 0.6) is 0 Å². The van der Waals surface area contributed by atoms with Gasteiger partial charge < -0.3 is 14.2 Å². The Kier molecular flexibility index (Phi) is 50.4. The minimum Gasteiger partial charge on any atom is -0.462 e. The highest BCUT2D eigenvalue weighted by atomic mass is 16.6. The SMILES string of the molecule is CC/C=C\C/C=C\C/C=C\CCCCCCCC(=O)OC[C@H](COC(=O)CCCCCCC/C=C\CCCCCCCC)OC(=O)CCCCCC/C=C\C/C=C\C/C=C\CCCCC. The molecule has 0 aliphatic rings. The summed E-state index contributed by atoms with van der Waals surface area (Å²) in [6.45, 7) is 6.45. The van der Waals surface area contributed by atoms with Crippen molar-refractivity contribution in [2.75, 3.05) is 13.2 Å². The summed E-state index contributed by atoms with van der Waals surface area (Å²) in [7, 11) is 0. The third kappa shape index (κ3) is 51.4. The fraction of sp³-hybridized carbons (Fsp3) is 0.712. The summed E-state index contributed by atoms with van der Waals surface area (Å²) >= 11 is 0. The molecule has 6 heteroatoms. The molecular weight excluding hydrogens is 805 g/mol. The van der Waals surface area contributed by atoms with Crippen LogP contribution in [0.1, 0.15) is 252 Å². The van der Waals surface area contributed by atoms with Crippen LogP contribution in [0.25, 0.3) is 0 Å². The summed E-state index contributed by atoms with van der Waals surface area (Å²) < 4.78 is 16.8. The van der Waals surface area contributed by atoms with Gasteiger partial charge in [-0.15, -0.1) is 0 Å². The first-order chi connectivity index (χ1) is 32.0. The van der Waals surface area contributed by atoms with E-state index >= 15 is 0 Å². The first-order valence-electron chi connectivity index (χ1n) is 27.1. The quantitative estimate of drug-likeness (QED) is 0.0262. The van der Waals surface area contributed by atoms with Crippen LogP contribution in [-0.2, 0) is 28.6 Å². The summed E-state index contributed by atoms with van der Waals surface area (Å²) in [5.41, 5.74) is 0. The van der Waals surface area contributed by atoms with Crippen LogP contribution in [0, 0.1) is 0 Å². The summed E-state index contributed by atoms with van der Waals surface area (Å²) in [5, 5.41) is 0. The van der Waals surface area contributed by atoms with E-state index in [9.17, 15) is 14.4 Å². The van der Waals surface area contributed by atoms with Gasteiger partial charge >= 0.3 is 17.9 Å². The molecule has 65 heavy (non-hydrogen) atoms. The first-order valence-corrected chi connectivity index (χ1v) is 27.1. The predicted octanol–water partition coefficient (Wildman–Crippen LogP) is 18.0. The molecule has 0 aromatic heterocycles. The van der Waals surface area contributed by atoms with E-state index in [1.807, 2.05) is 0 Å². The number of carbonyl (C=O) groups is 3. The van der Waals surface area contributed by atoms with E-state index in [2.05, 4.69) is 106 Å². The molecule has 0 aliphatic heterocycles. The van der Waals surface area contributed by atoms with Crippen molar-refractivity contribution in [1.29, 1.82) is 0 Å². The van der Waals surface area contributed by atoms with Crippen LogP contribution >= 0.6 is 0 Å². The normalized spacial score (nSPS) is 12.7. The number of hydrogen-bond donors (Lipinski definition) is 0. The Morgan fingerprint density at radius 3 is 0.985 bits per heavy atom. The molecule has 0 spiro atoms. The Morgan fingerprint density at radius 1 is 0.323 bits per heavy atom. The largest absolute Gasteiger partial charge is 0.462 e. The molecule has 0 aliphatic carbocycles. The van der Waals surface area contributed by atoms with Gasteiger partial charge in [0.15, 0.2) is 6.10 Å². The number of carbonyl (C=O) groups excluding carboxylic acids is 3. The lowest BCUT2D eigenvalue weighted by Gasteiger charge is -2.18.